The van der Waals surface area contributed by atoms with Gasteiger partial charge < -0.3 is 16.0 Å². The Morgan fingerprint density at radius 1 is 1.04 bits per heavy atom. The van der Waals surface area contributed by atoms with Crippen LogP contribution in [0.1, 0.15) is 30.9 Å². The van der Waals surface area contributed by atoms with Crippen LogP contribution >= 0.6 is 0 Å². The molecule has 0 aromatic heterocycles. The van der Waals surface area contributed by atoms with Crippen LogP contribution in [-0.4, -0.2) is 31.5 Å². The SMILES string of the molecule is CCNC(=NCC(=O)NCc1ccccc1)NCC1(c2ccccc2F)CC1. The van der Waals surface area contributed by atoms with Gasteiger partial charge >= 0.3 is 0 Å². The Balaban J connectivity index is 1.53. The van der Waals surface area contributed by atoms with Crippen LogP contribution in [-0.2, 0) is 16.8 Å². The molecular formula is C22H27FN4O. The highest BCUT2D eigenvalue weighted by atomic mass is 19.1. The van der Waals surface area contributed by atoms with Gasteiger partial charge in [0.25, 0.3) is 0 Å². The molecule has 0 heterocycles. The lowest BCUT2D eigenvalue weighted by atomic mass is 9.95. The number of hydrogen-bond donors (Lipinski definition) is 3. The summed E-state index contributed by atoms with van der Waals surface area (Å²) in [5.41, 5.74) is 1.61. The molecule has 148 valence electrons. The molecule has 28 heavy (non-hydrogen) atoms. The van der Waals surface area contributed by atoms with Crippen molar-refractivity contribution in [3.63, 3.8) is 0 Å². The molecule has 0 aliphatic heterocycles. The molecular weight excluding hydrogens is 355 g/mol. The summed E-state index contributed by atoms with van der Waals surface area (Å²) in [5.74, 6) is 0.264. The fourth-order valence-corrected chi connectivity index (χ4v) is 3.18. The maximum Gasteiger partial charge on any atom is 0.242 e. The number of benzene rings is 2. The molecule has 0 spiro atoms. The summed E-state index contributed by atoms with van der Waals surface area (Å²) in [6, 6.07) is 16.7. The second-order valence-corrected chi connectivity index (χ2v) is 7.07. The Kier molecular flexibility index (Phi) is 6.63. The number of rotatable bonds is 8. The Labute approximate surface area is 165 Å². The summed E-state index contributed by atoms with van der Waals surface area (Å²) in [6.07, 6.45) is 1.88. The first-order chi connectivity index (χ1) is 13.6. The van der Waals surface area contributed by atoms with Gasteiger partial charge in [-0.1, -0.05) is 48.5 Å². The normalized spacial score (nSPS) is 15.0. The fraction of sp³-hybridized carbons (Fsp3) is 0.364. The number of hydrogen-bond acceptors (Lipinski definition) is 2. The molecule has 0 bridgehead atoms. The van der Waals surface area contributed by atoms with E-state index in [9.17, 15) is 9.18 Å². The Bertz CT molecular complexity index is 818. The molecule has 0 atom stereocenters. The number of nitrogens with one attached hydrogen (secondary N) is 3. The average Bonchev–Trinajstić information content (AvgIpc) is 3.50. The summed E-state index contributed by atoms with van der Waals surface area (Å²) in [5, 5.41) is 9.28. The number of guanidine groups is 1. The first-order valence-electron chi connectivity index (χ1n) is 9.71. The van der Waals surface area contributed by atoms with E-state index >= 15 is 0 Å². The van der Waals surface area contributed by atoms with Crippen molar-refractivity contribution < 1.29 is 9.18 Å². The van der Waals surface area contributed by atoms with Crippen LogP contribution in [0.2, 0.25) is 0 Å². The molecule has 1 fully saturated rings. The second-order valence-electron chi connectivity index (χ2n) is 7.07. The molecule has 2 aromatic carbocycles. The average molecular weight is 382 g/mol. The van der Waals surface area contributed by atoms with Gasteiger partial charge in [-0.15, -0.1) is 0 Å². The number of nitrogens with zero attached hydrogens (tertiary/aromatic N) is 1. The summed E-state index contributed by atoms with van der Waals surface area (Å²) in [4.78, 5) is 16.4. The highest BCUT2D eigenvalue weighted by Crippen LogP contribution is 2.48. The summed E-state index contributed by atoms with van der Waals surface area (Å²) < 4.78 is 14.1. The fourth-order valence-electron chi connectivity index (χ4n) is 3.18. The number of carbonyl (C=O) groups is 1. The van der Waals surface area contributed by atoms with Crippen molar-refractivity contribution in [3.05, 3.63) is 71.5 Å². The van der Waals surface area contributed by atoms with Crippen LogP contribution in [0, 0.1) is 5.82 Å². The van der Waals surface area contributed by atoms with E-state index in [1.54, 1.807) is 6.07 Å². The van der Waals surface area contributed by atoms with Gasteiger partial charge in [0.2, 0.25) is 5.91 Å². The lowest BCUT2D eigenvalue weighted by Crippen LogP contribution is -2.42. The Morgan fingerprint density at radius 2 is 1.75 bits per heavy atom. The van der Waals surface area contributed by atoms with E-state index in [4.69, 9.17) is 0 Å². The Hall–Kier alpha value is -2.89. The van der Waals surface area contributed by atoms with Crippen molar-refractivity contribution in [1.82, 2.24) is 16.0 Å². The van der Waals surface area contributed by atoms with Gasteiger partial charge in [0.05, 0.1) is 0 Å². The van der Waals surface area contributed by atoms with Gasteiger partial charge in [-0.3, -0.25) is 4.79 Å². The quantitative estimate of drug-likeness (QED) is 0.486. The number of carbonyl (C=O) groups excluding carboxylic acids is 1. The van der Waals surface area contributed by atoms with Crippen molar-refractivity contribution in [2.45, 2.75) is 31.7 Å². The van der Waals surface area contributed by atoms with Crippen LogP contribution in [0.25, 0.3) is 0 Å². The molecule has 1 saturated carbocycles. The molecule has 2 aromatic rings. The van der Waals surface area contributed by atoms with E-state index < -0.39 is 0 Å². The predicted molar refractivity (Wildman–Crippen MR) is 110 cm³/mol. The van der Waals surface area contributed by atoms with E-state index in [1.807, 2.05) is 49.4 Å². The largest absolute Gasteiger partial charge is 0.357 e. The summed E-state index contributed by atoms with van der Waals surface area (Å²) >= 11 is 0. The van der Waals surface area contributed by atoms with Gasteiger partial charge in [-0.05, 0) is 37.0 Å². The molecule has 1 aliphatic rings. The highest BCUT2D eigenvalue weighted by molar-refractivity contribution is 5.85. The molecule has 1 amide bonds. The van der Waals surface area contributed by atoms with Crippen molar-refractivity contribution in [2.75, 3.05) is 19.6 Å². The van der Waals surface area contributed by atoms with Crippen LogP contribution in [0.3, 0.4) is 0 Å². The van der Waals surface area contributed by atoms with E-state index in [1.165, 1.54) is 6.07 Å². The maximum atomic E-state index is 14.1. The first-order valence-corrected chi connectivity index (χ1v) is 9.71. The third kappa shape index (κ3) is 5.31. The minimum Gasteiger partial charge on any atom is -0.357 e. The summed E-state index contributed by atoms with van der Waals surface area (Å²) in [6.45, 7) is 3.76. The molecule has 0 unspecified atom stereocenters. The highest BCUT2D eigenvalue weighted by Gasteiger charge is 2.45. The standard InChI is InChI=1S/C22H27FN4O/c1-2-24-21(26-15-20(28)25-14-17-8-4-3-5-9-17)27-16-22(12-13-22)18-10-6-7-11-19(18)23/h3-11H,2,12-16H2,1H3,(H,25,28)(H2,24,26,27). The minimum absolute atomic E-state index is 0.0366. The predicted octanol–water partition coefficient (Wildman–Crippen LogP) is 2.73. The topological polar surface area (TPSA) is 65.5 Å². The number of aliphatic imine (C=N–C) groups is 1. The molecule has 0 saturated heterocycles. The van der Waals surface area contributed by atoms with Crippen molar-refractivity contribution in [3.8, 4) is 0 Å². The van der Waals surface area contributed by atoms with Crippen LogP contribution in [0.5, 0.6) is 0 Å². The molecule has 1 aliphatic carbocycles. The van der Waals surface area contributed by atoms with E-state index in [-0.39, 0.29) is 23.7 Å². The molecule has 3 rings (SSSR count). The molecule has 5 nitrogen and oxygen atoms in total. The zero-order chi connectivity index (χ0) is 19.8. The van der Waals surface area contributed by atoms with E-state index in [0.29, 0.717) is 25.6 Å². The number of amides is 1. The third-order valence-corrected chi connectivity index (χ3v) is 4.95. The first kappa shape index (κ1) is 19.9. The van der Waals surface area contributed by atoms with Crippen LogP contribution < -0.4 is 16.0 Å². The third-order valence-electron chi connectivity index (χ3n) is 4.95. The van der Waals surface area contributed by atoms with Gasteiger partial charge in [0.15, 0.2) is 5.96 Å². The summed E-state index contributed by atoms with van der Waals surface area (Å²) in [7, 11) is 0. The minimum atomic E-state index is -0.183. The van der Waals surface area contributed by atoms with Gasteiger partial charge in [-0.2, -0.15) is 0 Å². The van der Waals surface area contributed by atoms with E-state index in [2.05, 4.69) is 20.9 Å². The van der Waals surface area contributed by atoms with E-state index in [0.717, 1.165) is 24.0 Å². The molecule has 6 heteroatoms. The van der Waals surface area contributed by atoms with Crippen LogP contribution in [0.4, 0.5) is 4.39 Å². The maximum absolute atomic E-state index is 14.1. The Morgan fingerprint density at radius 3 is 2.43 bits per heavy atom. The molecule has 3 N–H and O–H groups in total. The second kappa shape index (κ2) is 9.35. The zero-order valence-electron chi connectivity index (χ0n) is 16.2. The van der Waals surface area contributed by atoms with Crippen LogP contribution in [0.15, 0.2) is 59.6 Å². The smallest absolute Gasteiger partial charge is 0.242 e. The van der Waals surface area contributed by atoms with Crippen molar-refractivity contribution >= 4 is 11.9 Å². The van der Waals surface area contributed by atoms with Crippen molar-refractivity contribution in [1.29, 1.82) is 0 Å². The number of halogens is 1. The molecule has 0 radical (unpaired) electrons. The monoisotopic (exact) mass is 382 g/mol. The lowest BCUT2D eigenvalue weighted by Gasteiger charge is -2.19. The van der Waals surface area contributed by atoms with Gasteiger partial charge in [0, 0.05) is 25.0 Å². The van der Waals surface area contributed by atoms with Crippen molar-refractivity contribution in [2.24, 2.45) is 4.99 Å². The van der Waals surface area contributed by atoms with Gasteiger partial charge in [-0.25, -0.2) is 9.38 Å². The lowest BCUT2D eigenvalue weighted by molar-refractivity contribution is -0.119. The van der Waals surface area contributed by atoms with Gasteiger partial charge in [0.1, 0.15) is 12.4 Å². The zero-order valence-corrected chi connectivity index (χ0v) is 16.2.